The number of ketones is 1. The van der Waals surface area contributed by atoms with Crippen LogP contribution in [0.15, 0.2) is 30.2 Å². The van der Waals surface area contributed by atoms with E-state index in [1.54, 1.807) is 6.20 Å². The van der Waals surface area contributed by atoms with Gasteiger partial charge in [0.2, 0.25) is 6.33 Å². The molecule has 3 rings (SSSR count). The van der Waals surface area contributed by atoms with Gasteiger partial charge < -0.3 is 14.7 Å². The van der Waals surface area contributed by atoms with Crippen LogP contribution in [0.4, 0.5) is 5.82 Å². The highest BCUT2D eigenvalue weighted by Gasteiger charge is 2.19. The van der Waals surface area contributed by atoms with Crippen molar-refractivity contribution in [1.82, 2.24) is 19.1 Å². The molecule has 0 saturated carbocycles. The van der Waals surface area contributed by atoms with Crippen LogP contribution in [-0.2, 0) is 6.54 Å². The van der Waals surface area contributed by atoms with E-state index in [1.165, 1.54) is 28.4 Å². The van der Waals surface area contributed by atoms with Crippen LogP contribution in [0.3, 0.4) is 0 Å². The monoisotopic (exact) mass is 331 g/mol. The molecule has 3 heterocycles. The summed E-state index contributed by atoms with van der Waals surface area (Å²) in [7, 11) is 0. The topological polar surface area (TPSA) is 95.9 Å². The van der Waals surface area contributed by atoms with Crippen molar-refractivity contribution >= 4 is 22.9 Å². The zero-order valence-corrected chi connectivity index (χ0v) is 13.3. The number of rotatable bonds is 5. The van der Waals surface area contributed by atoms with E-state index >= 15 is 0 Å². The molecule has 0 amide bonds. The number of thiazole rings is 1. The molecule has 0 unspecified atom stereocenters. The van der Waals surface area contributed by atoms with Crippen LogP contribution in [0, 0.1) is 24.0 Å². The Bertz CT molecular complexity index is 879. The Balaban J connectivity index is 1.88. The Morgan fingerprint density at radius 3 is 2.78 bits per heavy atom. The predicted molar refractivity (Wildman–Crippen MR) is 84.1 cm³/mol. The standard InChI is InChI=1S/C14H13N5O3S/c1-9-5-11(10(2)18(9)14-15-3-4-23-14)12(20)6-17-7-13(16-8-17)19(21)22/h3-5,7-8H,6H2,1-2H3. The Hall–Kier alpha value is -2.81. The van der Waals surface area contributed by atoms with Gasteiger partial charge >= 0.3 is 5.82 Å². The van der Waals surface area contributed by atoms with Gasteiger partial charge in [-0.05, 0) is 29.8 Å². The largest absolute Gasteiger partial charge is 0.381 e. The number of hydrogen-bond acceptors (Lipinski definition) is 6. The highest BCUT2D eigenvalue weighted by Crippen LogP contribution is 2.23. The molecule has 118 valence electrons. The molecule has 0 bridgehead atoms. The Labute approximate surface area is 135 Å². The number of carbonyl (C=O) groups excluding carboxylic acids is 1. The maximum atomic E-state index is 12.5. The third-order valence-electron chi connectivity index (χ3n) is 3.47. The van der Waals surface area contributed by atoms with Gasteiger partial charge in [0, 0.05) is 28.5 Å². The van der Waals surface area contributed by atoms with Crippen molar-refractivity contribution in [1.29, 1.82) is 0 Å². The first-order valence-electron chi connectivity index (χ1n) is 6.75. The zero-order chi connectivity index (χ0) is 16.6. The summed E-state index contributed by atoms with van der Waals surface area (Å²) in [4.78, 5) is 30.5. The van der Waals surface area contributed by atoms with Gasteiger partial charge in [-0.2, -0.15) is 0 Å². The summed E-state index contributed by atoms with van der Waals surface area (Å²) in [5.74, 6) is -0.403. The van der Waals surface area contributed by atoms with E-state index in [0.717, 1.165) is 16.5 Å². The quantitative estimate of drug-likeness (QED) is 0.407. The molecule has 3 aromatic rings. The number of aryl methyl sites for hydroxylation is 1. The predicted octanol–water partition coefficient (Wildman–Crippen LogP) is 2.54. The summed E-state index contributed by atoms with van der Waals surface area (Å²) in [6, 6.07) is 1.81. The molecular weight excluding hydrogens is 318 g/mol. The van der Waals surface area contributed by atoms with E-state index in [1.807, 2.05) is 29.9 Å². The average molecular weight is 331 g/mol. The van der Waals surface area contributed by atoms with Crippen LogP contribution >= 0.6 is 11.3 Å². The summed E-state index contributed by atoms with van der Waals surface area (Å²) < 4.78 is 3.34. The lowest BCUT2D eigenvalue weighted by Crippen LogP contribution is -2.10. The van der Waals surface area contributed by atoms with Gasteiger partial charge in [-0.3, -0.25) is 9.36 Å². The Morgan fingerprint density at radius 2 is 2.17 bits per heavy atom. The molecule has 9 heteroatoms. The fraction of sp³-hybridized carbons (Fsp3) is 0.214. The first-order valence-corrected chi connectivity index (χ1v) is 7.63. The van der Waals surface area contributed by atoms with Crippen molar-refractivity contribution in [2.75, 3.05) is 0 Å². The van der Waals surface area contributed by atoms with E-state index in [-0.39, 0.29) is 18.1 Å². The minimum Gasteiger partial charge on any atom is -0.358 e. The summed E-state index contributed by atoms with van der Waals surface area (Å²) >= 11 is 1.49. The third-order valence-corrected chi connectivity index (χ3v) is 4.23. The second kappa shape index (κ2) is 5.76. The fourth-order valence-electron chi connectivity index (χ4n) is 2.45. The van der Waals surface area contributed by atoms with Crippen molar-refractivity contribution in [3.63, 3.8) is 0 Å². The number of carbonyl (C=O) groups is 1. The van der Waals surface area contributed by atoms with E-state index < -0.39 is 4.92 Å². The van der Waals surface area contributed by atoms with Crippen LogP contribution in [0.1, 0.15) is 21.7 Å². The molecule has 0 aliphatic heterocycles. The lowest BCUT2D eigenvalue weighted by atomic mass is 10.1. The minimum absolute atomic E-state index is 0.00298. The average Bonchev–Trinajstić information content (AvgIpc) is 3.19. The maximum absolute atomic E-state index is 12.5. The minimum atomic E-state index is -0.588. The molecule has 0 saturated heterocycles. The first-order chi connectivity index (χ1) is 11.0. The number of Topliss-reactive ketones (excluding diaryl/α,β-unsaturated/α-hetero) is 1. The van der Waals surface area contributed by atoms with Crippen LogP contribution in [0.2, 0.25) is 0 Å². The summed E-state index contributed by atoms with van der Waals surface area (Å²) in [6.45, 7) is 3.77. The van der Waals surface area contributed by atoms with Gasteiger partial charge in [0.1, 0.15) is 6.20 Å². The molecule has 0 aliphatic carbocycles. The maximum Gasteiger partial charge on any atom is 0.381 e. The number of nitro groups is 1. The smallest absolute Gasteiger partial charge is 0.358 e. The van der Waals surface area contributed by atoms with Gasteiger partial charge in [0.25, 0.3) is 0 Å². The van der Waals surface area contributed by atoms with E-state index in [4.69, 9.17) is 0 Å². The zero-order valence-electron chi connectivity index (χ0n) is 12.5. The van der Waals surface area contributed by atoms with Crippen LogP contribution in [0.5, 0.6) is 0 Å². The second-order valence-corrected chi connectivity index (χ2v) is 5.89. The molecule has 8 nitrogen and oxygen atoms in total. The van der Waals surface area contributed by atoms with E-state index in [9.17, 15) is 14.9 Å². The van der Waals surface area contributed by atoms with Crippen LogP contribution < -0.4 is 0 Å². The summed E-state index contributed by atoms with van der Waals surface area (Å²) in [6.07, 6.45) is 4.25. The number of nitrogens with zero attached hydrogens (tertiary/aromatic N) is 5. The first kappa shape index (κ1) is 15.1. The van der Waals surface area contributed by atoms with Gasteiger partial charge in [-0.25, -0.2) is 4.98 Å². The summed E-state index contributed by atoms with van der Waals surface area (Å²) in [5.41, 5.74) is 2.29. The second-order valence-electron chi connectivity index (χ2n) is 5.02. The summed E-state index contributed by atoms with van der Waals surface area (Å²) in [5, 5.41) is 13.3. The lowest BCUT2D eigenvalue weighted by Gasteiger charge is -2.05. The molecule has 0 spiro atoms. The third kappa shape index (κ3) is 2.78. The molecule has 0 fully saturated rings. The van der Waals surface area contributed by atoms with E-state index in [2.05, 4.69) is 9.97 Å². The van der Waals surface area contributed by atoms with Gasteiger partial charge in [0.15, 0.2) is 10.9 Å². The Morgan fingerprint density at radius 1 is 1.39 bits per heavy atom. The van der Waals surface area contributed by atoms with Crippen LogP contribution in [0.25, 0.3) is 5.13 Å². The molecule has 0 radical (unpaired) electrons. The van der Waals surface area contributed by atoms with Crippen molar-refractivity contribution in [2.24, 2.45) is 0 Å². The van der Waals surface area contributed by atoms with Crippen molar-refractivity contribution in [3.05, 3.63) is 57.2 Å². The van der Waals surface area contributed by atoms with Crippen molar-refractivity contribution in [2.45, 2.75) is 20.4 Å². The van der Waals surface area contributed by atoms with Gasteiger partial charge in [-0.15, -0.1) is 11.3 Å². The molecular formula is C14H13N5O3S. The molecule has 0 N–H and O–H groups in total. The highest BCUT2D eigenvalue weighted by molar-refractivity contribution is 7.12. The van der Waals surface area contributed by atoms with Gasteiger partial charge in [-0.1, -0.05) is 0 Å². The fourth-order valence-corrected chi connectivity index (χ4v) is 3.20. The lowest BCUT2D eigenvalue weighted by molar-refractivity contribution is -0.389. The van der Waals surface area contributed by atoms with Crippen LogP contribution in [-0.4, -0.2) is 29.8 Å². The molecule has 0 aromatic carbocycles. The Kier molecular flexibility index (Phi) is 3.78. The molecule has 3 aromatic heterocycles. The number of hydrogen-bond donors (Lipinski definition) is 0. The van der Waals surface area contributed by atoms with E-state index in [0.29, 0.717) is 5.56 Å². The molecule has 0 atom stereocenters. The number of imidazole rings is 1. The highest BCUT2D eigenvalue weighted by atomic mass is 32.1. The SMILES string of the molecule is Cc1cc(C(=O)Cn2cnc([N+](=O)[O-])c2)c(C)n1-c1nccs1. The van der Waals surface area contributed by atoms with Crippen molar-refractivity contribution in [3.8, 4) is 5.13 Å². The molecule has 23 heavy (non-hydrogen) atoms. The molecule has 0 aliphatic rings. The van der Waals surface area contributed by atoms with Gasteiger partial charge in [0.05, 0.1) is 6.54 Å². The normalized spacial score (nSPS) is 10.9. The number of aromatic nitrogens is 4. The van der Waals surface area contributed by atoms with Crippen molar-refractivity contribution < 1.29 is 9.72 Å².